The van der Waals surface area contributed by atoms with E-state index in [4.69, 9.17) is 4.74 Å². The van der Waals surface area contributed by atoms with Crippen molar-refractivity contribution in [2.75, 3.05) is 14.2 Å². The highest BCUT2D eigenvalue weighted by Gasteiger charge is 2.12. The minimum absolute atomic E-state index is 0.195. The van der Waals surface area contributed by atoms with Gasteiger partial charge in [0.1, 0.15) is 5.75 Å². The molecule has 0 aliphatic heterocycles. The predicted molar refractivity (Wildman–Crippen MR) is 84.3 cm³/mol. The minimum Gasteiger partial charge on any atom is -0.497 e. The maximum atomic E-state index is 5.31. The summed E-state index contributed by atoms with van der Waals surface area (Å²) in [7, 11) is 3.69. The third kappa shape index (κ3) is 3.40. The quantitative estimate of drug-likeness (QED) is 0.857. The van der Waals surface area contributed by atoms with Crippen LogP contribution in [0, 0.1) is 0 Å². The Hall–Kier alpha value is -1.80. The molecule has 2 nitrogen and oxygen atoms in total. The molecule has 1 N–H and O–H groups in total. The molecule has 2 aromatic carbocycles. The van der Waals surface area contributed by atoms with Crippen LogP contribution in [0.2, 0.25) is 0 Å². The molecule has 0 aromatic heterocycles. The lowest BCUT2D eigenvalue weighted by molar-refractivity contribution is 0.414. The second-order valence-corrected chi connectivity index (χ2v) is 4.99. The fourth-order valence-corrected chi connectivity index (χ4v) is 2.51. The number of benzene rings is 2. The Morgan fingerprint density at radius 1 is 1.05 bits per heavy atom. The van der Waals surface area contributed by atoms with E-state index in [1.807, 2.05) is 19.2 Å². The van der Waals surface area contributed by atoms with Crippen LogP contribution in [-0.4, -0.2) is 14.2 Å². The topological polar surface area (TPSA) is 21.3 Å². The van der Waals surface area contributed by atoms with Crippen molar-refractivity contribution in [2.24, 2.45) is 0 Å². The lowest BCUT2D eigenvalue weighted by Crippen LogP contribution is -2.17. The second-order valence-electron chi connectivity index (χ2n) is 4.99. The Balaban J connectivity index is 2.26. The van der Waals surface area contributed by atoms with Gasteiger partial charge in [-0.2, -0.15) is 0 Å². The summed E-state index contributed by atoms with van der Waals surface area (Å²) in [5.41, 5.74) is 3.90. The highest BCUT2D eigenvalue weighted by molar-refractivity contribution is 5.37. The van der Waals surface area contributed by atoms with Gasteiger partial charge in [-0.3, -0.25) is 0 Å². The maximum Gasteiger partial charge on any atom is 0.119 e. The van der Waals surface area contributed by atoms with Gasteiger partial charge >= 0.3 is 0 Å². The van der Waals surface area contributed by atoms with Crippen molar-refractivity contribution in [3.8, 4) is 5.75 Å². The molecule has 2 rings (SSSR count). The van der Waals surface area contributed by atoms with Crippen LogP contribution in [0.4, 0.5) is 0 Å². The zero-order valence-corrected chi connectivity index (χ0v) is 12.5. The van der Waals surface area contributed by atoms with Gasteiger partial charge in [0.05, 0.1) is 13.2 Å². The first-order valence-corrected chi connectivity index (χ1v) is 7.18. The molecule has 0 aliphatic rings. The zero-order chi connectivity index (χ0) is 14.4. The van der Waals surface area contributed by atoms with Crippen LogP contribution in [0.25, 0.3) is 0 Å². The molecule has 0 amide bonds. The molecule has 2 heteroatoms. The maximum absolute atomic E-state index is 5.31. The molecule has 0 fully saturated rings. The van der Waals surface area contributed by atoms with E-state index in [9.17, 15) is 0 Å². The molecule has 0 saturated carbocycles. The molecule has 0 radical (unpaired) electrons. The van der Waals surface area contributed by atoms with Gasteiger partial charge in [-0.25, -0.2) is 0 Å². The molecule has 0 aliphatic carbocycles. The van der Waals surface area contributed by atoms with Crippen molar-refractivity contribution in [2.45, 2.75) is 25.8 Å². The van der Waals surface area contributed by atoms with Gasteiger partial charge in [0.2, 0.25) is 0 Å². The SMILES string of the molecule is CCCc1ccc(C(NC)c2cccc(OC)c2)cc1. The number of hydrogen-bond donors (Lipinski definition) is 1. The van der Waals surface area contributed by atoms with Crippen molar-refractivity contribution in [3.63, 3.8) is 0 Å². The Morgan fingerprint density at radius 3 is 2.40 bits per heavy atom. The number of ether oxygens (including phenoxy) is 1. The van der Waals surface area contributed by atoms with E-state index in [0.29, 0.717) is 0 Å². The van der Waals surface area contributed by atoms with Crippen molar-refractivity contribution >= 4 is 0 Å². The summed E-state index contributed by atoms with van der Waals surface area (Å²) >= 11 is 0. The molecule has 0 saturated heterocycles. The molecule has 0 spiro atoms. The first-order valence-electron chi connectivity index (χ1n) is 7.18. The number of rotatable bonds is 6. The smallest absolute Gasteiger partial charge is 0.119 e. The molecular formula is C18H23NO. The van der Waals surface area contributed by atoms with Crippen molar-refractivity contribution < 1.29 is 4.74 Å². The Bertz CT molecular complexity index is 533. The summed E-state index contributed by atoms with van der Waals surface area (Å²) in [5, 5.41) is 3.38. The average Bonchev–Trinajstić information content (AvgIpc) is 2.50. The fraction of sp³-hybridized carbons (Fsp3) is 0.333. The number of aryl methyl sites for hydroxylation is 1. The van der Waals surface area contributed by atoms with E-state index in [0.717, 1.165) is 12.2 Å². The van der Waals surface area contributed by atoms with Crippen LogP contribution in [0.1, 0.15) is 36.1 Å². The van der Waals surface area contributed by atoms with E-state index < -0.39 is 0 Å². The summed E-state index contributed by atoms with van der Waals surface area (Å²) < 4.78 is 5.31. The standard InChI is InChI=1S/C18H23NO/c1-4-6-14-9-11-15(12-10-14)18(19-2)16-7-5-8-17(13-16)20-3/h5,7-13,18-19H,4,6H2,1-3H3. The number of methoxy groups -OCH3 is 1. The highest BCUT2D eigenvalue weighted by atomic mass is 16.5. The van der Waals surface area contributed by atoms with Gasteiger partial charge in [0.15, 0.2) is 0 Å². The number of hydrogen-bond acceptors (Lipinski definition) is 2. The lowest BCUT2D eigenvalue weighted by atomic mass is 9.97. The first kappa shape index (κ1) is 14.6. The fourth-order valence-electron chi connectivity index (χ4n) is 2.51. The molecule has 0 heterocycles. The van der Waals surface area contributed by atoms with E-state index in [1.54, 1.807) is 7.11 Å². The van der Waals surface area contributed by atoms with Crippen molar-refractivity contribution in [3.05, 3.63) is 65.2 Å². The summed E-state index contributed by atoms with van der Waals surface area (Å²) in [6.07, 6.45) is 2.33. The third-order valence-electron chi connectivity index (χ3n) is 3.57. The monoisotopic (exact) mass is 269 g/mol. The molecule has 1 unspecified atom stereocenters. The van der Waals surface area contributed by atoms with Crippen LogP contribution >= 0.6 is 0 Å². The lowest BCUT2D eigenvalue weighted by Gasteiger charge is -2.18. The Kier molecular flexibility index (Phi) is 5.19. The second kappa shape index (κ2) is 7.11. The van der Waals surface area contributed by atoms with Crippen molar-refractivity contribution in [1.82, 2.24) is 5.32 Å². The molecule has 106 valence electrons. The van der Waals surface area contributed by atoms with E-state index in [-0.39, 0.29) is 6.04 Å². The molecule has 2 aromatic rings. The minimum atomic E-state index is 0.195. The largest absolute Gasteiger partial charge is 0.497 e. The average molecular weight is 269 g/mol. The summed E-state index contributed by atoms with van der Waals surface area (Å²) in [5.74, 6) is 0.894. The van der Waals surface area contributed by atoms with Crippen LogP contribution < -0.4 is 10.1 Å². The molecule has 1 atom stereocenters. The molecule has 0 bridgehead atoms. The van der Waals surface area contributed by atoms with Crippen LogP contribution in [-0.2, 0) is 6.42 Å². The van der Waals surface area contributed by atoms with E-state index in [1.165, 1.54) is 23.1 Å². The van der Waals surface area contributed by atoms with Crippen LogP contribution in [0.15, 0.2) is 48.5 Å². The highest BCUT2D eigenvalue weighted by Crippen LogP contribution is 2.25. The zero-order valence-electron chi connectivity index (χ0n) is 12.5. The van der Waals surface area contributed by atoms with Gasteiger partial charge in [-0.05, 0) is 42.3 Å². The van der Waals surface area contributed by atoms with E-state index in [2.05, 4.69) is 48.6 Å². The molecular weight excluding hydrogens is 246 g/mol. The van der Waals surface area contributed by atoms with Gasteiger partial charge in [-0.15, -0.1) is 0 Å². The number of nitrogens with one attached hydrogen (secondary N) is 1. The first-order chi connectivity index (χ1) is 9.78. The van der Waals surface area contributed by atoms with E-state index >= 15 is 0 Å². The Labute approximate surface area is 121 Å². The van der Waals surface area contributed by atoms with Gasteiger partial charge in [-0.1, -0.05) is 49.7 Å². The predicted octanol–water partition coefficient (Wildman–Crippen LogP) is 3.96. The van der Waals surface area contributed by atoms with Crippen molar-refractivity contribution in [1.29, 1.82) is 0 Å². The summed E-state index contributed by atoms with van der Waals surface area (Å²) in [6.45, 7) is 2.21. The van der Waals surface area contributed by atoms with Gasteiger partial charge in [0.25, 0.3) is 0 Å². The summed E-state index contributed by atoms with van der Waals surface area (Å²) in [4.78, 5) is 0. The van der Waals surface area contributed by atoms with Crippen LogP contribution in [0.3, 0.4) is 0 Å². The molecule has 20 heavy (non-hydrogen) atoms. The van der Waals surface area contributed by atoms with Gasteiger partial charge in [0, 0.05) is 0 Å². The summed E-state index contributed by atoms with van der Waals surface area (Å²) in [6, 6.07) is 17.3. The van der Waals surface area contributed by atoms with Crippen LogP contribution in [0.5, 0.6) is 5.75 Å². The third-order valence-corrected chi connectivity index (χ3v) is 3.57. The normalized spacial score (nSPS) is 12.2. The Morgan fingerprint density at radius 2 is 1.80 bits per heavy atom. The van der Waals surface area contributed by atoms with Gasteiger partial charge < -0.3 is 10.1 Å².